The number of para-hydroxylation sites is 2. The second-order valence-electron chi connectivity index (χ2n) is 5.29. The van der Waals surface area contributed by atoms with E-state index in [0.717, 1.165) is 5.69 Å². The molecule has 0 aliphatic carbocycles. The van der Waals surface area contributed by atoms with E-state index >= 15 is 0 Å². The molecular weight excluding hydrogens is 319 g/mol. The molecule has 0 spiro atoms. The van der Waals surface area contributed by atoms with Gasteiger partial charge in [-0.1, -0.05) is 30.3 Å². The molecule has 1 aromatic heterocycles. The first-order valence-electron chi connectivity index (χ1n) is 7.91. The number of hydrogen-bond acceptors (Lipinski definition) is 4. The lowest BCUT2D eigenvalue weighted by Crippen LogP contribution is -2.20. The first-order chi connectivity index (χ1) is 12.2. The van der Waals surface area contributed by atoms with Gasteiger partial charge in [0.25, 0.3) is 5.91 Å². The van der Waals surface area contributed by atoms with Crippen molar-refractivity contribution in [1.82, 2.24) is 10.2 Å². The molecule has 0 unspecified atom stereocenters. The van der Waals surface area contributed by atoms with Gasteiger partial charge < -0.3 is 10.2 Å². The molecule has 0 aliphatic rings. The number of hydrogen-bond donors (Lipinski definition) is 1. The van der Waals surface area contributed by atoms with Crippen molar-refractivity contribution in [2.45, 2.75) is 6.92 Å². The third-order valence-corrected chi connectivity index (χ3v) is 3.67. The summed E-state index contributed by atoms with van der Waals surface area (Å²) in [6, 6.07) is 19.1. The molecule has 0 aliphatic heterocycles. The van der Waals surface area contributed by atoms with E-state index in [1.54, 1.807) is 24.3 Å². The van der Waals surface area contributed by atoms with Crippen LogP contribution in [0, 0.1) is 5.82 Å². The average Bonchev–Trinajstić information content (AvgIpc) is 2.66. The highest BCUT2D eigenvalue weighted by Crippen LogP contribution is 2.22. The molecule has 1 heterocycles. The Morgan fingerprint density at radius 1 is 1.00 bits per heavy atom. The maximum atomic E-state index is 13.6. The second kappa shape index (κ2) is 7.53. The van der Waals surface area contributed by atoms with Crippen molar-refractivity contribution in [3.8, 4) is 0 Å². The number of nitrogens with zero attached hydrogens (tertiary/aromatic N) is 3. The maximum Gasteiger partial charge on any atom is 0.276 e. The number of nitrogens with one attached hydrogen (secondary N) is 1. The van der Waals surface area contributed by atoms with Gasteiger partial charge in [0, 0.05) is 12.2 Å². The summed E-state index contributed by atoms with van der Waals surface area (Å²) in [6.07, 6.45) is 0. The van der Waals surface area contributed by atoms with Crippen LogP contribution in [0.2, 0.25) is 0 Å². The van der Waals surface area contributed by atoms with Crippen molar-refractivity contribution in [3.63, 3.8) is 0 Å². The summed E-state index contributed by atoms with van der Waals surface area (Å²) in [5.74, 6) is -0.371. The van der Waals surface area contributed by atoms with Crippen molar-refractivity contribution in [2.75, 3.05) is 16.8 Å². The average molecular weight is 336 g/mol. The second-order valence-corrected chi connectivity index (χ2v) is 5.29. The maximum absolute atomic E-state index is 13.6. The highest BCUT2D eigenvalue weighted by molar-refractivity contribution is 6.02. The summed E-state index contributed by atoms with van der Waals surface area (Å²) in [5.41, 5.74) is 1.22. The van der Waals surface area contributed by atoms with Gasteiger partial charge in [0.2, 0.25) is 0 Å². The van der Waals surface area contributed by atoms with Crippen LogP contribution in [-0.4, -0.2) is 22.6 Å². The number of benzene rings is 2. The molecule has 3 aromatic rings. The van der Waals surface area contributed by atoms with Gasteiger partial charge in [0.05, 0.1) is 5.69 Å². The van der Waals surface area contributed by atoms with Gasteiger partial charge in [0.1, 0.15) is 5.82 Å². The first kappa shape index (κ1) is 16.6. The van der Waals surface area contributed by atoms with Crippen LogP contribution in [0.25, 0.3) is 0 Å². The van der Waals surface area contributed by atoms with Gasteiger partial charge in [-0.25, -0.2) is 4.39 Å². The fraction of sp³-hybridized carbons (Fsp3) is 0.105. The predicted octanol–water partition coefficient (Wildman–Crippen LogP) is 4.03. The number of halogens is 1. The van der Waals surface area contributed by atoms with Crippen LogP contribution in [0.3, 0.4) is 0 Å². The molecule has 0 bridgehead atoms. The molecule has 25 heavy (non-hydrogen) atoms. The third kappa shape index (κ3) is 3.80. The zero-order valence-corrected chi connectivity index (χ0v) is 13.7. The van der Waals surface area contributed by atoms with Gasteiger partial charge in [-0.15, -0.1) is 10.2 Å². The standard InChI is InChI=1S/C19H17FN4O/c1-2-24(14-8-4-3-5-9-14)18-13-12-17(22-23-18)19(25)21-16-11-7-6-10-15(16)20/h3-13H,2H2,1H3,(H,21,25). The number of carbonyl (C=O) groups excluding carboxylic acids is 1. The van der Waals surface area contributed by atoms with E-state index in [-0.39, 0.29) is 11.4 Å². The predicted molar refractivity (Wildman–Crippen MR) is 95.5 cm³/mol. The molecular formula is C19H17FN4O. The number of aromatic nitrogens is 2. The lowest BCUT2D eigenvalue weighted by Gasteiger charge is -2.21. The fourth-order valence-electron chi connectivity index (χ4n) is 2.42. The minimum atomic E-state index is -0.507. The zero-order valence-electron chi connectivity index (χ0n) is 13.7. The highest BCUT2D eigenvalue weighted by Gasteiger charge is 2.13. The molecule has 6 heteroatoms. The first-order valence-corrected chi connectivity index (χ1v) is 7.91. The van der Waals surface area contributed by atoms with Crippen molar-refractivity contribution < 1.29 is 9.18 Å². The van der Waals surface area contributed by atoms with Crippen LogP contribution >= 0.6 is 0 Å². The zero-order chi connectivity index (χ0) is 17.6. The monoisotopic (exact) mass is 336 g/mol. The van der Waals surface area contributed by atoms with Crippen LogP contribution in [0.1, 0.15) is 17.4 Å². The van der Waals surface area contributed by atoms with Crippen LogP contribution in [0.4, 0.5) is 21.6 Å². The molecule has 0 saturated carbocycles. The van der Waals surface area contributed by atoms with Crippen LogP contribution in [0.5, 0.6) is 0 Å². The van der Waals surface area contributed by atoms with E-state index in [9.17, 15) is 9.18 Å². The molecule has 126 valence electrons. The van der Waals surface area contributed by atoms with Crippen molar-refractivity contribution in [2.24, 2.45) is 0 Å². The Labute approximate surface area is 145 Å². The number of anilines is 3. The van der Waals surface area contributed by atoms with E-state index < -0.39 is 11.7 Å². The molecule has 0 fully saturated rings. The summed E-state index contributed by atoms with van der Waals surface area (Å²) in [6.45, 7) is 2.72. The molecule has 1 N–H and O–H groups in total. The molecule has 0 radical (unpaired) electrons. The van der Waals surface area contributed by atoms with Crippen LogP contribution < -0.4 is 10.2 Å². The molecule has 2 aromatic carbocycles. The Kier molecular flexibility index (Phi) is 4.99. The van der Waals surface area contributed by atoms with Crippen LogP contribution in [0.15, 0.2) is 66.7 Å². The Balaban J connectivity index is 1.77. The van der Waals surface area contributed by atoms with Gasteiger partial charge in [-0.3, -0.25) is 4.79 Å². The topological polar surface area (TPSA) is 58.1 Å². The van der Waals surface area contributed by atoms with E-state index in [1.165, 1.54) is 12.1 Å². The molecule has 3 rings (SSSR count). The quantitative estimate of drug-likeness (QED) is 0.764. The lowest BCUT2D eigenvalue weighted by molar-refractivity contribution is 0.102. The van der Waals surface area contributed by atoms with Crippen molar-refractivity contribution >= 4 is 23.1 Å². The third-order valence-electron chi connectivity index (χ3n) is 3.67. The summed E-state index contributed by atoms with van der Waals surface area (Å²) in [4.78, 5) is 14.2. The van der Waals surface area contributed by atoms with Crippen molar-refractivity contribution in [1.29, 1.82) is 0 Å². The van der Waals surface area contributed by atoms with E-state index in [1.807, 2.05) is 42.2 Å². The SMILES string of the molecule is CCN(c1ccccc1)c1ccc(C(=O)Nc2ccccc2F)nn1. The Morgan fingerprint density at radius 2 is 1.72 bits per heavy atom. The Morgan fingerprint density at radius 3 is 2.36 bits per heavy atom. The van der Waals surface area contributed by atoms with E-state index in [0.29, 0.717) is 12.4 Å². The van der Waals surface area contributed by atoms with Gasteiger partial charge in [0.15, 0.2) is 11.5 Å². The summed E-state index contributed by atoms with van der Waals surface area (Å²) >= 11 is 0. The smallest absolute Gasteiger partial charge is 0.276 e. The lowest BCUT2D eigenvalue weighted by atomic mass is 10.2. The summed E-state index contributed by atoms with van der Waals surface area (Å²) in [5, 5.41) is 10.6. The van der Waals surface area contributed by atoms with Crippen LogP contribution in [-0.2, 0) is 0 Å². The fourth-order valence-corrected chi connectivity index (χ4v) is 2.42. The minimum absolute atomic E-state index is 0.109. The molecule has 5 nitrogen and oxygen atoms in total. The van der Waals surface area contributed by atoms with Crippen molar-refractivity contribution in [3.05, 3.63) is 78.2 Å². The van der Waals surface area contributed by atoms with Gasteiger partial charge in [-0.2, -0.15) is 0 Å². The van der Waals surface area contributed by atoms with E-state index in [4.69, 9.17) is 0 Å². The molecule has 0 saturated heterocycles. The van der Waals surface area contributed by atoms with E-state index in [2.05, 4.69) is 15.5 Å². The molecule has 1 amide bonds. The largest absolute Gasteiger partial charge is 0.325 e. The Bertz CT molecular complexity index is 853. The number of rotatable bonds is 5. The van der Waals surface area contributed by atoms with Gasteiger partial charge >= 0.3 is 0 Å². The molecule has 0 atom stereocenters. The number of carbonyl (C=O) groups is 1. The highest BCUT2D eigenvalue weighted by atomic mass is 19.1. The van der Waals surface area contributed by atoms with Gasteiger partial charge in [-0.05, 0) is 43.3 Å². The minimum Gasteiger partial charge on any atom is -0.325 e. The summed E-state index contributed by atoms with van der Waals surface area (Å²) in [7, 11) is 0. The number of amides is 1. The normalized spacial score (nSPS) is 10.3. The Hall–Kier alpha value is -3.28. The summed E-state index contributed by atoms with van der Waals surface area (Å²) < 4.78 is 13.6.